The SMILES string of the molecule is N#CC1CNCCN1S(=O)(=O)CC1CCCO1. The summed E-state index contributed by atoms with van der Waals surface area (Å²) in [5.41, 5.74) is 0. The topological polar surface area (TPSA) is 82.4 Å². The van der Waals surface area contributed by atoms with Crippen LogP contribution in [0.3, 0.4) is 0 Å². The van der Waals surface area contributed by atoms with Crippen molar-refractivity contribution in [1.82, 2.24) is 9.62 Å². The molecule has 0 saturated carbocycles. The molecule has 0 bridgehead atoms. The summed E-state index contributed by atoms with van der Waals surface area (Å²) in [4.78, 5) is 0. The van der Waals surface area contributed by atoms with E-state index in [2.05, 4.69) is 5.32 Å². The zero-order valence-electron chi connectivity index (χ0n) is 9.63. The van der Waals surface area contributed by atoms with Crippen LogP contribution in [0.15, 0.2) is 0 Å². The number of sulfonamides is 1. The quantitative estimate of drug-likeness (QED) is 0.724. The molecule has 96 valence electrons. The fourth-order valence-corrected chi connectivity index (χ4v) is 4.04. The highest BCUT2D eigenvalue weighted by molar-refractivity contribution is 7.89. The second kappa shape index (κ2) is 5.31. The smallest absolute Gasteiger partial charge is 0.217 e. The van der Waals surface area contributed by atoms with Gasteiger partial charge in [0, 0.05) is 26.2 Å². The van der Waals surface area contributed by atoms with Gasteiger partial charge in [0.05, 0.1) is 17.9 Å². The fraction of sp³-hybridized carbons (Fsp3) is 0.900. The molecule has 2 unspecified atom stereocenters. The van der Waals surface area contributed by atoms with E-state index in [1.165, 1.54) is 4.31 Å². The zero-order valence-corrected chi connectivity index (χ0v) is 10.4. The zero-order chi connectivity index (χ0) is 12.3. The number of piperazine rings is 1. The summed E-state index contributed by atoms with van der Waals surface area (Å²) >= 11 is 0. The van der Waals surface area contributed by atoms with Gasteiger partial charge in [-0.3, -0.25) is 0 Å². The van der Waals surface area contributed by atoms with Crippen LogP contribution >= 0.6 is 0 Å². The molecule has 0 spiro atoms. The lowest BCUT2D eigenvalue weighted by molar-refractivity contribution is 0.126. The van der Waals surface area contributed by atoms with Gasteiger partial charge in [0.25, 0.3) is 0 Å². The van der Waals surface area contributed by atoms with Crippen LogP contribution in [-0.2, 0) is 14.8 Å². The van der Waals surface area contributed by atoms with Crippen LogP contribution in [0, 0.1) is 11.3 Å². The summed E-state index contributed by atoms with van der Waals surface area (Å²) < 4.78 is 31.0. The summed E-state index contributed by atoms with van der Waals surface area (Å²) in [6.07, 6.45) is 1.51. The second-order valence-corrected chi connectivity index (χ2v) is 6.34. The van der Waals surface area contributed by atoms with E-state index >= 15 is 0 Å². The average Bonchev–Trinajstić information content (AvgIpc) is 2.81. The standard InChI is InChI=1S/C10H17N3O3S/c11-6-9-7-12-3-4-13(9)17(14,15)8-10-2-1-5-16-10/h9-10,12H,1-5,7-8H2. The van der Waals surface area contributed by atoms with Crippen molar-refractivity contribution in [2.45, 2.75) is 25.0 Å². The molecule has 7 heteroatoms. The van der Waals surface area contributed by atoms with Crippen molar-refractivity contribution in [3.05, 3.63) is 0 Å². The molecule has 2 fully saturated rings. The minimum atomic E-state index is -3.38. The highest BCUT2D eigenvalue weighted by Gasteiger charge is 2.34. The largest absolute Gasteiger partial charge is 0.377 e. The Labute approximate surface area is 102 Å². The van der Waals surface area contributed by atoms with Crippen molar-refractivity contribution in [3.8, 4) is 6.07 Å². The van der Waals surface area contributed by atoms with Gasteiger partial charge >= 0.3 is 0 Å². The summed E-state index contributed by atoms with van der Waals surface area (Å²) in [6.45, 7) is 2.01. The second-order valence-electron chi connectivity index (χ2n) is 4.37. The Morgan fingerprint density at radius 1 is 1.53 bits per heavy atom. The number of rotatable bonds is 3. The van der Waals surface area contributed by atoms with Gasteiger partial charge in [0.2, 0.25) is 10.0 Å². The van der Waals surface area contributed by atoms with Crippen LogP contribution in [0.1, 0.15) is 12.8 Å². The molecule has 2 saturated heterocycles. The summed E-state index contributed by atoms with van der Waals surface area (Å²) in [6, 6.07) is 1.44. The van der Waals surface area contributed by atoms with Gasteiger partial charge in [0.1, 0.15) is 6.04 Å². The maximum atomic E-state index is 12.2. The molecule has 17 heavy (non-hydrogen) atoms. The van der Waals surface area contributed by atoms with Gasteiger partial charge < -0.3 is 10.1 Å². The van der Waals surface area contributed by atoms with Crippen molar-refractivity contribution < 1.29 is 13.2 Å². The molecule has 0 aromatic heterocycles. The first-order valence-corrected chi connectivity index (χ1v) is 7.46. The van der Waals surface area contributed by atoms with Gasteiger partial charge in [-0.05, 0) is 12.8 Å². The van der Waals surface area contributed by atoms with Crippen molar-refractivity contribution in [3.63, 3.8) is 0 Å². The van der Waals surface area contributed by atoms with Crippen molar-refractivity contribution in [1.29, 1.82) is 5.26 Å². The van der Waals surface area contributed by atoms with Gasteiger partial charge in [-0.15, -0.1) is 0 Å². The maximum Gasteiger partial charge on any atom is 0.217 e. The van der Waals surface area contributed by atoms with Crippen molar-refractivity contribution >= 4 is 10.0 Å². The molecule has 2 aliphatic heterocycles. The van der Waals surface area contributed by atoms with Gasteiger partial charge in [-0.25, -0.2) is 8.42 Å². The lowest BCUT2D eigenvalue weighted by Crippen LogP contribution is -2.54. The summed E-state index contributed by atoms with van der Waals surface area (Å²) in [5.74, 6) is 0.00514. The Hall–Kier alpha value is -0.680. The molecule has 2 heterocycles. The molecule has 6 nitrogen and oxygen atoms in total. The van der Waals surface area contributed by atoms with E-state index < -0.39 is 16.1 Å². The van der Waals surface area contributed by atoms with E-state index in [0.717, 1.165) is 12.8 Å². The molecule has 1 N–H and O–H groups in total. The van der Waals surface area contributed by atoms with E-state index in [1.807, 2.05) is 6.07 Å². The third-order valence-electron chi connectivity index (χ3n) is 3.12. The number of nitriles is 1. The first kappa shape index (κ1) is 12.8. The molecule has 0 aromatic carbocycles. The summed E-state index contributed by atoms with van der Waals surface area (Å²) in [7, 11) is -3.38. The molecule has 2 atom stereocenters. The monoisotopic (exact) mass is 259 g/mol. The Bertz CT molecular complexity index is 398. The Kier molecular flexibility index (Phi) is 3.99. The van der Waals surface area contributed by atoms with Crippen molar-refractivity contribution in [2.75, 3.05) is 32.0 Å². The highest BCUT2D eigenvalue weighted by atomic mass is 32.2. The molecule has 0 aromatic rings. The van der Waals surface area contributed by atoms with E-state index in [-0.39, 0.29) is 11.9 Å². The Morgan fingerprint density at radius 2 is 2.35 bits per heavy atom. The minimum absolute atomic E-state index is 0.00514. The number of hydrogen-bond acceptors (Lipinski definition) is 5. The number of hydrogen-bond donors (Lipinski definition) is 1. The fourth-order valence-electron chi connectivity index (χ4n) is 2.24. The van der Waals surface area contributed by atoms with Gasteiger partial charge in [0.15, 0.2) is 0 Å². The van der Waals surface area contributed by atoms with E-state index in [9.17, 15) is 8.42 Å². The molecule has 0 radical (unpaired) electrons. The lowest BCUT2D eigenvalue weighted by atomic mass is 10.3. The number of nitrogens with zero attached hydrogens (tertiary/aromatic N) is 2. The number of ether oxygens (including phenoxy) is 1. The third-order valence-corrected chi connectivity index (χ3v) is 5.07. The molecule has 2 rings (SSSR count). The molecule has 2 aliphatic rings. The van der Waals surface area contributed by atoms with Crippen LogP contribution < -0.4 is 5.32 Å². The first-order chi connectivity index (χ1) is 8.13. The molecule has 0 amide bonds. The minimum Gasteiger partial charge on any atom is -0.377 e. The van der Waals surface area contributed by atoms with Crippen LogP contribution in [0.4, 0.5) is 0 Å². The molecule has 0 aliphatic carbocycles. The van der Waals surface area contributed by atoms with Crippen molar-refractivity contribution in [2.24, 2.45) is 0 Å². The van der Waals surface area contributed by atoms with E-state index in [0.29, 0.717) is 26.2 Å². The summed E-state index contributed by atoms with van der Waals surface area (Å²) in [5, 5.41) is 12.0. The van der Waals surface area contributed by atoms with Gasteiger partial charge in [-0.1, -0.05) is 0 Å². The third kappa shape index (κ3) is 2.96. The molecular weight excluding hydrogens is 242 g/mol. The molecular formula is C10H17N3O3S. The lowest BCUT2D eigenvalue weighted by Gasteiger charge is -2.31. The Balaban J connectivity index is 2.05. The van der Waals surface area contributed by atoms with E-state index in [4.69, 9.17) is 10.00 Å². The van der Waals surface area contributed by atoms with Crippen LogP contribution in [-0.4, -0.2) is 56.9 Å². The number of nitrogens with one attached hydrogen (secondary N) is 1. The highest BCUT2D eigenvalue weighted by Crippen LogP contribution is 2.18. The predicted molar refractivity (Wildman–Crippen MR) is 61.7 cm³/mol. The van der Waals surface area contributed by atoms with E-state index in [1.54, 1.807) is 0 Å². The normalized spacial score (nSPS) is 31.2. The predicted octanol–water partition coefficient (Wildman–Crippen LogP) is -0.707. The van der Waals surface area contributed by atoms with Crippen LogP contribution in [0.2, 0.25) is 0 Å². The average molecular weight is 259 g/mol. The van der Waals surface area contributed by atoms with Crippen LogP contribution in [0.5, 0.6) is 0 Å². The maximum absolute atomic E-state index is 12.2. The Morgan fingerprint density at radius 3 is 3.00 bits per heavy atom. The first-order valence-electron chi connectivity index (χ1n) is 5.85. The van der Waals surface area contributed by atoms with Gasteiger partial charge in [-0.2, -0.15) is 9.57 Å². The van der Waals surface area contributed by atoms with Crippen LogP contribution in [0.25, 0.3) is 0 Å².